The summed E-state index contributed by atoms with van der Waals surface area (Å²) in [5.74, 6) is -1.91. The SMILES string of the molecule is Cc1cc(C)c2c(c1)C(O)(C(F)(F)F)C(=O)O2. The smallest absolute Gasteiger partial charge is 0.423 e. The predicted molar refractivity (Wildman–Crippen MR) is 51.5 cm³/mol. The van der Waals surface area contributed by atoms with Crippen molar-refractivity contribution in [1.29, 1.82) is 0 Å². The van der Waals surface area contributed by atoms with E-state index in [0.717, 1.165) is 6.07 Å². The zero-order valence-corrected chi connectivity index (χ0v) is 9.05. The van der Waals surface area contributed by atoms with Crippen LogP contribution in [0.4, 0.5) is 13.2 Å². The van der Waals surface area contributed by atoms with Gasteiger partial charge in [0.05, 0.1) is 0 Å². The van der Waals surface area contributed by atoms with Gasteiger partial charge >= 0.3 is 12.1 Å². The van der Waals surface area contributed by atoms with E-state index < -0.39 is 23.3 Å². The number of benzene rings is 1. The Kier molecular flexibility index (Phi) is 2.26. The van der Waals surface area contributed by atoms with Crippen LogP contribution < -0.4 is 4.74 Å². The Morgan fingerprint density at radius 2 is 1.88 bits per heavy atom. The second-order valence-corrected chi connectivity index (χ2v) is 4.06. The normalized spacial score (nSPS) is 23.5. The minimum absolute atomic E-state index is 0.208. The van der Waals surface area contributed by atoms with Gasteiger partial charge in [-0.3, -0.25) is 0 Å². The van der Waals surface area contributed by atoms with Gasteiger partial charge in [-0.25, -0.2) is 4.79 Å². The Morgan fingerprint density at radius 3 is 2.41 bits per heavy atom. The number of carbonyl (C=O) groups is 1. The molecule has 17 heavy (non-hydrogen) atoms. The van der Waals surface area contributed by atoms with Crippen LogP contribution in [-0.2, 0) is 10.4 Å². The highest BCUT2D eigenvalue weighted by atomic mass is 19.4. The number of carbonyl (C=O) groups excluding carboxylic acids is 1. The Labute approximate surface area is 94.8 Å². The molecule has 1 atom stereocenters. The van der Waals surface area contributed by atoms with E-state index in [2.05, 4.69) is 4.74 Å². The summed E-state index contributed by atoms with van der Waals surface area (Å²) in [4.78, 5) is 11.3. The van der Waals surface area contributed by atoms with Gasteiger partial charge in [-0.15, -0.1) is 0 Å². The minimum Gasteiger partial charge on any atom is -0.423 e. The molecular formula is C11H9F3O3. The van der Waals surface area contributed by atoms with Crippen molar-refractivity contribution in [3.63, 3.8) is 0 Å². The summed E-state index contributed by atoms with van der Waals surface area (Å²) in [7, 11) is 0. The third kappa shape index (κ3) is 1.44. The monoisotopic (exact) mass is 246 g/mol. The van der Waals surface area contributed by atoms with E-state index in [9.17, 15) is 23.1 Å². The number of hydrogen-bond donors (Lipinski definition) is 1. The van der Waals surface area contributed by atoms with E-state index in [-0.39, 0.29) is 5.75 Å². The van der Waals surface area contributed by atoms with E-state index in [1.165, 1.54) is 6.92 Å². The van der Waals surface area contributed by atoms with Gasteiger partial charge in [0.15, 0.2) is 0 Å². The molecule has 92 valence electrons. The topological polar surface area (TPSA) is 46.5 Å². The van der Waals surface area contributed by atoms with E-state index in [1.807, 2.05) is 0 Å². The van der Waals surface area contributed by atoms with Gasteiger partial charge in [-0.1, -0.05) is 11.6 Å². The van der Waals surface area contributed by atoms with Gasteiger partial charge in [0.1, 0.15) is 5.75 Å². The Morgan fingerprint density at radius 1 is 1.29 bits per heavy atom. The minimum atomic E-state index is -5.10. The lowest BCUT2D eigenvalue weighted by Gasteiger charge is -2.22. The second-order valence-electron chi connectivity index (χ2n) is 4.06. The molecule has 0 aliphatic carbocycles. The van der Waals surface area contributed by atoms with Crippen LogP contribution in [0, 0.1) is 13.8 Å². The summed E-state index contributed by atoms with van der Waals surface area (Å²) in [6.07, 6.45) is -5.10. The number of halogens is 3. The van der Waals surface area contributed by atoms with Crippen molar-refractivity contribution in [1.82, 2.24) is 0 Å². The molecule has 0 bridgehead atoms. The maximum Gasteiger partial charge on any atom is 0.432 e. The van der Waals surface area contributed by atoms with Crippen LogP contribution in [0.25, 0.3) is 0 Å². The standard InChI is InChI=1S/C11H9F3O3/c1-5-3-6(2)8-7(4-5)10(16,9(15)17-8)11(12,13)14/h3-4,16H,1-2H3. The molecule has 0 aromatic heterocycles. The molecule has 0 radical (unpaired) electrons. The molecule has 0 fully saturated rings. The first-order chi connectivity index (χ1) is 7.68. The largest absolute Gasteiger partial charge is 0.432 e. The van der Waals surface area contributed by atoms with Gasteiger partial charge in [0, 0.05) is 5.56 Å². The number of ether oxygens (including phenoxy) is 1. The Bertz CT molecular complexity index is 507. The first kappa shape index (κ1) is 11.9. The first-order valence-corrected chi connectivity index (χ1v) is 4.81. The summed E-state index contributed by atoms with van der Waals surface area (Å²) >= 11 is 0. The van der Waals surface area contributed by atoms with Crippen molar-refractivity contribution in [2.45, 2.75) is 25.6 Å². The molecule has 1 heterocycles. The number of aliphatic hydroxyl groups is 1. The molecule has 1 aliphatic rings. The third-order valence-corrected chi connectivity index (χ3v) is 2.71. The maximum atomic E-state index is 12.8. The zero-order valence-electron chi connectivity index (χ0n) is 9.05. The third-order valence-electron chi connectivity index (χ3n) is 2.71. The summed E-state index contributed by atoms with van der Waals surface area (Å²) in [5.41, 5.74) is -3.19. The predicted octanol–water partition coefficient (Wildman–Crippen LogP) is 1.97. The fourth-order valence-corrected chi connectivity index (χ4v) is 1.90. The Hall–Kier alpha value is -1.56. The zero-order chi connectivity index (χ0) is 13.0. The van der Waals surface area contributed by atoms with Gasteiger partial charge in [-0.05, 0) is 25.5 Å². The molecule has 2 rings (SSSR count). The molecule has 0 spiro atoms. The number of rotatable bonds is 0. The average molecular weight is 246 g/mol. The van der Waals surface area contributed by atoms with Crippen molar-refractivity contribution >= 4 is 5.97 Å². The molecule has 1 aromatic rings. The van der Waals surface area contributed by atoms with Gasteiger partial charge in [-0.2, -0.15) is 13.2 Å². The number of alkyl halides is 3. The lowest BCUT2D eigenvalue weighted by molar-refractivity contribution is -0.258. The molecule has 3 nitrogen and oxygen atoms in total. The van der Waals surface area contributed by atoms with Crippen molar-refractivity contribution < 1.29 is 27.8 Å². The Balaban J connectivity index is 2.74. The highest BCUT2D eigenvalue weighted by molar-refractivity contribution is 5.90. The van der Waals surface area contributed by atoms with E-state index >= 15 is 0 Å². The van der Waals surface area contributed by atoms with Gasteiger partial charge < -0.3 is 9.84 Å². The van der Waals surface area contributed by atoms with E-state index in [1.54, 1.807) is 13.0 Å². The van der Waals surface area contributed by atoms with Crippen molar-refractivity contribution in [3.8, 4) is 5.75 Å². The van der Waals surface area contributed by atoms with Crippen molar-refractivity contribution in [2.75, 3.05) is 0 Å². The summed E-state index contributed by atoms with van der Waals surface area (Å²) in [6, 6.07) is 2.69. The molecule has 1 aliphatic heterocycles. The van der Waals surface area contributed by atoms with Gasteiger partial charge in [0.25, 0.3) is 5.60 Å². The summed E-state index contributed by atoms with van der Waals surface area (Å²) < 4.78 is 42.9. The molecule has 0 saturated carbocycles. The van der Waals surface area contributed by atoms with Crippen LogP contribution in [0.1, 0.15) is 16.7 Å². The van der Waals surface area contributed by atoms with Crippen molar-refractivity contribution in [3.05, 3.63) is 28.8 Å². The number of esters is 1. The highest BCUT2D eigenvalue weighted by Crippen LogP contribution is 2.49. The molecule has 0 saturated heterocycles. The fraction of sp³-hybridized carbons (Fsp3) is 0.364. The molecular weight excluding hydrogens is 237 g/mol. The molecule has 6 heteroatoms. The first-order valence-electron chi connectivity index (χ1n) is 4.81. The van der Waals surface area contributed by atoms with Crippen LogP contribution in [-0.4, -0.2) is 17.3 Å². The fourth-order valence-electron chi connectivity index (χ4n) is 1.90. The van der Waals surface area contributed by atoms with E-state index in [0.29, 0.717) is 11.1 Å². The van der Waals surface area contributed by atoms with Crippen molar-refractivity contribution in [2.24, 2.45) is 0 Å². The molecule has 1 aromatic carbocycles. The number of fused-ring (bicyclic) bond motifs is 1. The second kappa shape index (κ2) is 3.22. The van der Waals surface area contributed by atoms with Gasteiger partial charge in [0.2, 0.25) is 0 Å². The number of aryl methyl sites for hydroxylation is 2. The highest BCUT2D eigenvalue weighted by Gasteiger charge is 2.66. The average Bonchev–Trinajstić information content (AvgIpc) is 2.42. The maximum absolute atomic E-state index is 12.8. The quantitative estimate of drug-likeness (QED) is 0.562. The van der Waals surface area contributed by atoms with Crippen LogP contribution in [0.3, 0.4) is 0 Å². The lowest BCUT2D eigenvalue weighted by atomic mass is 9.92. The summed E-state index contributed by atoms with van der Waals surface area (Å²) in [5, 5.41) is 9.60. The van der Waals surface area contributed by atoms with Crippen LogP contribution >= 0.6 is 0 Å². The molecule has 0 amide bonds. The molecule has 1 N–H and O–H groups in total. The van der Waals surface area contributed by atoms with E-state index in [4.69, 9.17) is 0 Å². The number of hydrogen-bond acceptors (Lipinski definition) is 3. The van der Waals surface area contributed by atoms with Crippen LogP contribution in [0.15, 0.2) is 12.1 Å². The summed E-state index contributed by atoms with van der Waals surface area (Å²) in [6.45, 7) is 3.09. The van der Waals surface area contributed by atoms with Crippen LogP contribution in [0.2, 0.25) is 0 Å². The molecule has 1 unspecified atom stereocenters. The van der Waals surface area contributed by atoms with Crippen LogP contribution in [0.5, 0.6) is 5.75 Å². The lowest BCUT2D eigenvalue weighted by Crippen LogP contribution is -2.47.